The summed E-state index contributed by atoms with van der Waals surface area (Å²) in [6, 6.07) is 10.3. The molecule has 0 atom stereocenters. The second-order valence-electron chi connectivity index (χ2n) is 7.17. The maximum Gasteiger partial charge on any atom is 0.198 e. The van der Waals surface area contributed by atoms with Crippen LogP contribution in [0.5, 0.6) is 0 Å². The summed E-state index contributed by atoms with van der Waals surface area (Å²) in [5, 5.41) is 0. The summed E-state index contributed by atoms with van der Waals surface area (Å²) in [7, 11) is 0. The Morgan fingerprint density at radius 1 is 1.26 bits per heavy atom. The van der Waals surface area contributed by atoms with E-state index in [9.17, 15) is 4.79 Å². The van der Waals surface area contributed by atoms with Crippen molar-refractivity contribution < 1.29 is 9.21 Å². The largest absolute Gasteiger partial charge is 0.456 e. The molecular formula is C23H24N2O2. The lowest BCUT2D eigenvalue weighted by atomic mass is 9.99. The number of hydrogen-bond acceptors (Lipinski definition) is 3. The van der Waals surface area contributed by atoms with E-state index in [1.54, 1.807) is 18.6 Å². The summed E-state index contributed by atoms with van der Waals surface area (Å²) in [4.78, 5) is 16.5. The van der Waals surface area contributed by atoms with Crippen LogP contribution in [-0.4, -0.2) is 15.3 Å². The van der Waals surface area contributed by atoms with Gasteiger partial charge in [-0.25, -0.2) is 4.98 Å². The Balaban J connectivity index is 1.39. The number of allylic oxidation sites excluding steroid dienone is 2. The number of hydrogen-bond donors (Lipinski definition) is 0. The first-order chi connectivity index (χ1) is 13.1. The van der Waals surface area contributed by atoms with Gasteiger partial charge in [-0.3, -0.25) is 4.79 Å². The van der Waals surface area contributed by atoms with E-state index >= 15 is 0 Å². The monoisotopic (exact) mass is 360 g/mol. The van der Waals surface area contributed by atoms with Crippen LogP contribution < -0.4 is 0 Å². The van der Waals surface area contributed by atoms with E-state index in [4.69, 9.17) is 4.42 Å². The molecule has 0 unspecified atom stereocenters. The molecule has 3 aromatic rings. The van der Waals surface area contributed by atoms with Crippen LogP contribution in [-0.2, 0) is 19.4 Å². The molecule has 2 heterocycles. The van der Waals surface area contributed by atoms with Gasteiger partial charge in [0.1, 0.15) is 5.76 Å². The highest BCUT2D eigenvalue weighted by Gasteiger charge is 2.18. The molecule has 0 fully saturated rings. The Kier molecular flexibility index (Phi) is 4.80. The molecule has 0 spiro atoms. The van der Waals surface area contributed by atoms with Crippen LogP contribution in [0.3, 0.4) is 0 Å². The van der Waals surface area contributed by atoms with Gasteiger partial charge in [0.2, 0.25) is 0 Å². The highest BCUT2D eigenvalue weighted by molar-refractivity contribution is 5.93. The van der Waals surface area contributed by atoms with E-state index in [0.717, 1.165) is 25.0 Å². The average molecular weight is 360 g/mol. The van der Waals surface area contributed by atoms with Gasteiger partial charge < -0.3 is 8.98 Å². The number of carbonyl (C=O) groups excluding carboxylic acids is 1. The molecule has 4 rings (SSSR count). The first-order valence-electron chi connectivity index (χ1n) is 9.52. The average Bonchev–Trinajstić information content (AvgIpc) is 3.41. The molecular weight excluding hydrogens is 336 g/mol. The molecule has 0 radical (unpaired) electrons. The third-order valence-electron chi connectivity index (χ3n) is 5.41. The fraction of sp³-hybridized carbons (Fsp3) is 0.304. The van der Waals surface area contributed by atoms with Crippen LogP contribution in [0.25, 0.3) is 5.57 Å². The summed E-state index contributed by atoms with van der Waals surface area (Å²) < 4.78 is 7.64. The van der Waals surface area contributed by atoms with Crippen molar-refractivity contribution in [3.63, 3.8) is 0 Å². The normalized spacial score (nSPS) is 13.3. The summed E-state index contributed by atoms with van der Waals surface area (Å²) in [5.74, 6) is 1.26. The molecule has 0 saturated carbocycles. The fourth-order valence-electron chi connectivity index (χ4n) is 3.78. The number of furan rings is 1. The Labute approximate surface area is 159 Å². The molecule has 27 heavy (non-hydrogen) atoms. The zero-order chi connectivity index (χ0) is 18.8. The number of ketones is 1. The Hall–Kier alpha value is -2.88. The summed E-state index contributed by atoms with van der Waals surface area (Å²) in [6.07, 6.45) is 8.71. The number of rotatable bonds is 7. The summed E-state index contributed by atoms with van der Waals surface area (Å²) in [5.41, 5.74) is 6.92. The molecule has 1 aliphatic carbocycles. The molecule has 1 aromatic carbocycles. The zero-order valence-corrected chi connectivity index (χ0v) is 15.9. The van der Waals surface area contributed by atoms with Gasteiger partial charge in [0.25, 0.3) is 0 Å². The Morgan fingerprint density at radius 2 is 2.15 bits per heavy atom. The van der Waals surface area contributed by atoms with Gasteiger partial charge in [0.05, 0.1) is 12.9 Å². The highest BCUT2D eigenvalue weighted by Crippen LogP contribution is 2.34. The van der Waals surface area contributed by atoms with Gasteiger partial charge in [0.15, 0.2) is 11.5 Å². The molecule has 4 nitrogen and oxygen atoms in total. The van der Waals surface area contributed by atoms with E-state index in [2.05, 4.69) is 37.0 Å². The van der Waals surface area contributed by atoms with Crippen LogP contribution >= 0.6 is 0 Å². The fourth-order valence-corrected chi connectivity index (χ4v) is 3.78. The molecule has 2 aromatic heterocycles. The van der Waals surface area contributed by atoms with Gasteiger partial charge in [0, 0.05) is 18.8 Å². The van der Waals surface area contributed by atoms with Crippen LogP contribution in [0.1, 0.15) is 59.7 Å². The molecule has 0 N–H and O–H groups in total. The number of nitrogens with zero attached hydrogens (tertiary/aromatic N) is 2. The van der Waals surface area contributed by atoms with Gasteiger partial charge in [-0.15, -0.1) is 0 Å². The standard InChI is InChI=1S/C23H24N2O2/c1-3-18-13-19-6-4-17(12-21(19)16(18)2)5-8-22(26)23-9-7-20(27-23)14-25-11-10-24-15-25/h4,6-7,9-12,15H,3,5,8,13-14H2,1-2H3. The topological polar surface area (TPSA) is 48.0 Å². The molecule has 138 valence electrons. The van der Waals surface area contributed by atoms with Crippen molar-refractivity contribution in [1.82, 2.24) is 9.55 Å². The predicted octanol–water partition coefficient (Wildman–Crippen LogP) is 5.08. The molecule has 0 saturated heterocycles. The van der Waals surface area contributed by atoms with Crippen LogP contribution in [0, 0.1) is 0 Å². The van der Waals surface area contributed by atoms with Crippen molar-refractivity contribution in [2.24, 2.45) is 0 Å². The van der Waals surface area contributed by atoms with Crippen LogP contribution in [0.2, 0.25) is 0 Å². The lowest BCUT2D eigenvalue weighted by molar-refractivity contribution is 0.0954. The molecule has 0 amide bonds. The van der Waals surface area contributed by atoms with Crippen LogP contribution in [0.4, 0.5) is 0 Å². The van der Waals surface area contributed by atoms with Crippen molar-refractivity contribution in [2.45, 2.75) is 46.1 Å². The lowest BCUT2D eigenvalue weighted by Crippen LogP contribution is -2.00. The van der Waals surface area contributed by atoms with E-state index in [1.165, 1.54) is 27.8 Å². The summed E-state index contributed by atoms with van der Waals surface area (Å²) in [6.45, 7) is 5.02. The van der Waals surface area contributed by atoms with Crippen molar-refractivity contribution in [3.05, 3.63) is 82.8 Å². The van der Waals surface area contributed by atoms with E-state index in [1.807, 2.05) is 16.8 Å². The maximum absolute atomic E-state index is 12.5. The number of imidazole rings is 1. The maximum atomic E-state index is 12.5. The first kappa shape index (κ1) is 17.5. The van der Waals surface area contributed by atoms with Crippen LogP contribution in [0.15, 0.2) is 59.0 Å². The third-order valence-corrected chi connectivity index (χ3v) is 5.41. The quantitative estimate of drug-likeness (QED) is 0.552. The van der Waals surface area contributed by atoms with Crippen molar-refractivity contribution in [2.75, 3.05) is 0 Å². The molecule has 1 aliphatic rings. The number of Topliss-reactive ketones (excluding diaryl/α,β-unsaturated/α-hetero) is 1. The highest BCUT2D eigenvalue weighted by atomic mass is 16.3. The minimum atomic E-state index is 0.0499. The molecule has 4 heteroatoms. The number of benzene rings is 1. The number of fused-ring (bicyclic) bond motifs is 1. The minimum absolute atomic E-state index is 0.0499. The SMILES string of the molecule is CCC1=C(C)c2cc(CCC(=O)c3ccc(Cn4ccnc4)o3)ccc2C1. The smallest absolute Gasteiger partial charge is 0.198 e. The zero-order valence-electron chi connectivity index (χ0n) is 15.9. The Morgan fingerprint density at radius 3 is 2.93 bits per heavy atom. The predicted molar refractivity (Wildman–Crippen MR) is 106 cm³/mol. The van der Waals surface area contributed by atoms with Gasteiger partial charge in [-0.2, -0.15) is 0 Å². The van der Waals surface area contributed by atoms with Crippen molar-refractivity contribution >= 4 is 11.4 Å². The lowest BCUT2D eigenvalue weighted by Gasteiger charge is -2.06. The number of aryl methyl sites for hydroxylation is 1. The first-order valence-corrected chi connectivity index (χ1v) is 9.52. The van der Waals surface area contributed by atoms with E-state index in [-0.39, 0.29) is 5.78 Å². The van der Waals surface area contributed by atoms with Crippen molar-refractivity contribution in [1.29, 1.82) is 0 Å². The number of aromatic nitrogens is 2. The Bertz CT molecular complexity index is 993. The second-order valence-corrected chi connectivity index (χ2v) is 7.17. The van der Waals surface area contributed by atoms with Gasteiger partial charge in [-0.1, -0.05) is 30.7 Å². The number of carbonyl (C=O) groups is 1. The van der Waals surface area contributed by atoms with E-state index in [0.29, 0.717) is 18.7 Å². The molecule has 0 aliphatic heterocycles. The third kappa shape index (κ3) is 3.65. The minimum Gasteiger partial charge on any atom is -0.456 e. The molecule has 0 bridgehead atoms. The van der Waals surface area contributed by atoms with Crippen molar-refractivity contribution in [3.8, 4) is 0 Å². The van der Waals surface area contributed by atoms with E-state index < -0.39 is 0 Å². The van der Waals surface area contributed by atoms with Gasteiger partial charge in [-0.05, 0) is 60.6 Å². The summed E-state index contributed by atoms with van der Waals surface area (Å²) >= 11 is 0. The second kappa shape index (κ2) is 7.39. The van der Waals surface area contributed by atoms with Gasteiger partial charge >= 0.3 is 0 Å².